The summed E-state index contributed by atoms with van der Waals surface area (Å²) < 4.78 is 4.26. The van der Waals surface area contributed by atoms with Crippen LogP contribution in [0, 0.1) is 13.8 Å². The van der Waals surface area contributed by atoms with E-state index in [1.165, 1.54) is 11.5 Å². The van der Waals surface area contributed by atoms with Gasteiger partial charge in [-0.05, 0) is 82.0 Å². The van der Waals surface area contributed by atoms with Crippen molar-refractivity contribution >= 4 is 40.4 Å². The Kier molecular flexibility index (Phi) is 6.53. The predicted octanol–water partition coefficient (Wildman–Crippen LogP) is 3.86. The van der Waals surface area contributed by atoms with Crippen LogP contribution in [0.3, 0.4) is 0 Å². The molecule has 5 rings (SSSR count). The molecule has 0 bridgehead atoms. The van der Waals surface area contributed by atoms with E-state index in [-0.39, 0.29) is 24.4 Å². The van der Waals surface area contributed by atoms with E-state index < -0.39 is 0 Å². The van der Waals surface area contributed by atoms with E-state index in [2.05, 4.69) is 24.9 Å². The fourth-order valence-corrected chi connectivity index (χ4v) is 5.56. The Morgan fingerprint density at radius 2 is 2.00 bits per heavy atom. The number of hydrogen-bond acceptors (Lipinski definition) is 7. The summed E-state index contributed by atoms with van der Waals surface area (Å²) >= 11 is 1.37. The summed E-state index contributed by atoms with van der Waals surface area (Å²) in [4.78, 5) is 34.4. The van der Waals surface area contributed by atoms with Crippen molar-refractivity contribution in [3.8, 4) is 10.6 Å². The molecule has 2 aliphatic rings. The molecule has 2 N–H and O–H groups in total. The van der Waals surface area contributed by atoms with Crippen molar-refractivity contribution in [2.24, 2.45) is 0 Å². The van der Waals surface area contributed by atoms with Crippen molar-refractivity contribution in [1.82, 2.24) is 14.3 Å². The van der Waals surface area contributed by atoms with Gasteiger partial charge in [0.1, 0.15) is 10.8 Å². The van der Waals surface area contributed by atoms with E-state index in [0.717, 1.165) is 70.4 Å². The van der Waals surface area contributed by atoms with E-state index in [0.29, 0.717) is 6.54 Å². The van der Waals surface area contributed by atoms with Gasteiger partial charge in [-0.15, -0.1) is 0 Å². The average Bonchev–Trinajstić information content (AvgIpc) is 3.58. The minimum absolute atomic E-state index is 0.000634. The van der Waals surface area contributed by atoms with Gasteiger partial charge in [0.05, 0.1) is 12.6 Å². The number of rotatable bonds is 6. The summed E-state index contributed by atoms with van der Waals surface area (Å²) in [5, 5.41) is 7.30. The van der Waals surface area contributed by atoms with Crippen LogP contribution in [0.15, 0.2) is 36.4 Å². The van der Waals surface area contributed by atoms with Crippen molar-refractivity contribution in [2.45, 2.75) is 39.2 Å². The van der Waals surface area contributed by atoms with Gasteiger partial charge in [-0.3, -0.25) is 14.5 Å². The molecule has 0 spiro atoms. The molecule has 35 heavy (non-hydrogen) atoms. The Hall–Kier alpha value is -3.30. The Bertz CT molecular complexity index is 1270. The van der Waals surface area contributed by atoms with Gasteiger partial charge < -0.3 is 15.5 Å². The molecule has 1 fully saturated rings. The summed E-state index contributed by atoms with van der Waals surface area (Å²) in [6.07, 6.45) is 2.65. The summed E-state index contributed by atoms with van der Waals surface area (Å²) in [6.45, 7) is 5.63. The van der Waals surface area contributed by atoms with Gasteiger partial charge in [-0.1, -0.05) is 18.2 Å². The third-order valence-electron chi connectivity index (χ3n) is 6.85. The number of amides is 2. The average molecular weight is 491 g/mol. The predicted molar refractivity (Wildman–Crippen MR) is 140 cm³/mol. The van der Waals surface area contributed by atoms with Gasteiger partial charge in [0.25, 0.3) is 0 Å². The van der Waals surface area contributed by atoms with Crippen molar-refractivity contribution in [1.29, 1.82) is 0 Å². The molecule has 2 aliphatic heterocycles. The molecule has 0 saturated carbocycles. The van der Waals surface area contributed by atoms with E-state index >= 15 is 0 Å². The molecular formula is C26H30N6O2S. The first-order chi connectivity index (χ1) is 16.9. The lowest BCUT2D eigenvalue weighted by Gasteiger charge is -2.21. The van der Waals surface area contributed by atoms with Gasteiger partial charge >= 0.3 is 0 Å². The van der Waals surface area contributed by atoms with Gasteiger partial charge in [0.15, 0.2) is 0 Å². The fraction of sp³-hybridized carbons (Fsp3) is 0.385. The van der Waals surface area contributed by atoms with E-state index in [4.69, 9.17) is 0 Å². The Balaban J connectivity index is 1.27. The smallest absolute Gasteiger partial charge is 0.246 e. The largest absolute Gasteiger partial charge is 0.376 e. The highest BCUT2D eigenvalue weighted by Gasteiger charge is 2.30. The van der Waals surface area contributed by atoms with E-state index in [9.17, 15) is 9.59 Å². The third kappa shape index (κ3) is 4.78. The van der Waals surface area contributed by atoms with Crippen LogP contribution in [-0.2, 0) is 16.0 Å². The molecule has 8 nitrogen and oxygen atoms in total. The second-order valence-corrected chi connectivity index (χ2v) is 10.0. The summed E-state index contributed by atoms with van der Waals surface area (Å²) in [7, 11) is 1.99. The number of carbonyl (C=O) groups is 2. The van der Waals surface area contributed by atoms with Crippen molar-refractivity contribution in [3.63, 3.8) is 0 Å². The van der Waals surface area contributed by atoms with Crippen LogP contribution in [0.1, 0.15) is 29.8 Å². The van der Waals surface area contributed by atoms with Crippen LogP contribution >= 0.6 is 11.5 Å². The van der Waals surface area contributed by atoms with Crippen LogP contribution in [-0.4, -0.2) is 58.8 Å². The van der Waals surface area contributed by atoms with Crippen LogP contribution in [0.2, 0.25) is 0 Å². The molecule has 1 aromatic heterocycles. The lowest BCUT2D eigenvalue weighted by molar-refractivity contribution is -0.120. The zero-order chi connectivity index (χ0) is 24.5. The van der Waals surface area contributed by atoms with Crippen LogP contribution in [0.25, 0.3) is 10.6 Å². The Morgan fingerprint density at radius 3 is 2.74 bits per heavy atom. The molecule has 2 aromatic carbocycles. The summed E-state index contributed by atoms with van der Waals surface area (Å²) in [5.74, 6) is 0.791. The first-order valence-electron chi connectivity index (χ1n) is 12.0. The number of anilines is 3. The monoisotopic (exact) mass is 490 g/mol. The minimum atomic E-state index is -0.0859. The van der Waals surface area contributed by atoms with Crippen LogP contribution in [0.5, 0.6) is 0 Å². The number of fused-ring (bicyclic) bond motifs is 1. The van der Waals surface area contributed by atoms with E-state index in [1.54, 1.807) is 0 Å². The number of aryl methyl sites for hydroxylation is 2. The molecule has 9 heteroatoms. The highest BCUT2D eigenvalue weighted by atomic mass is 32.1. The maximum Gasteiger partial charge on any atom is 0.246 e. The molecule has 3 heterocycles. The second kappa shape index (κ2) is 9.75. The first-order valence-corrected chi connectivity index (χ1v) is 12.8. The number of aromatic nitrogens is 2. The molecule has 182 valence electrons. The number of nitrogens with zero attached hydrogens (tertiary/aromatic N) is 4. The quantitative estimate of drug-likeness (QED) is 0.545. The number of hydrogen-bond donors (Lipinski definition) is 2. The van der Waals surface area contributed by atoms with Gasteiger partial charge in [0.2, 0.25) is 11.8 Å². The van der Waals surface area contributed by atoms with Crippen molar-refractivity contribution < 1.29 is 9.59 Å². The number of benzene rings is 2. The number of nitrogens with one attached hydrogen (secondary N) is 2. The molecule has 2 amide bonds. The molecule has 1 atom stereocenters. The normalized spacial score (nSPS) is 17.5. The molecule has 0 unspecified atom stereocenters. The van der Waals surface area contributed by atoms with Crippen molar-refractivity contribution in [3.05, 3.63) is 53.3 Å². The fourth-order valence-electron chi connectivity index (χ4n) is 4.89. The van der Waals surface area contributed by atoms with Crippen LogP contribution < -0.4 is 15.5 Å². The summed E-state index contributed by atoms with van der Waals surface area (Å²) in [5.41, 5.74) is 5.67. The lowest BCUT2D eigenvalue weighted by atomic mass is 10.1. The first kappa shape index (κ1) is 23.4. The Morgan fingerprint density at radius 1 is 1.14 bits per heavy atom. The molecule has 3 aromatic rings. The highest BCUT2D eigenvalue weighted by molar-refractivity contribution is 7.09. The molecule has 0 aliphatic carbocycles. The third-order valence-corrected chi connectivity index (χ3v) is 7.71. The zero-order valence-corrected chi connectivity index (χ0v) is 21.1. The number of likely N-dealkylation sites (N-methyl/N-ethyl adjacent to an activating group) is 1. The molecular weight excluding hydrogens is 460 g/mol. The van der Waals surface area contributed by atoms with E-state index in [1.807, 2.05) is 62.2 Å². The summed E-state index contributed by atoms with van der Waals surface area (Å²) in [6, 6.07) is 11.8. The van der Waals surface area contributed by atoms with Gasteiger partial charge in [-0.2, -0.15) is 4.37 Å². The lowest BCUT2D eigenvalue weighted by Crippen LogP contribution is -2.37. The maximum atomic E-state index is 13.2. The second-order valence-electron chi connectivity index (χ2n) is 9.26. The topological polar surface area (TPSA) is 90.5 Å². The highest BCUT2D eigenvalue weighted by Crippen LogP contribution is 2.34. The minimum Gasteiger partial charge on any atom is -0.376 e. The van der Waals surface area contributed by atoms with Crippen molar-refractivity contribution in [2.75, 3.05) is 42.2 Å². The molecule has 1 saturated heterocycles. The van der Waals surface area contributed by atoms with Gasteiger partial charge in [-0.25, -0.2) is 4.98 Å². The number of likely N-dealkylation sites (tertiary alicyclic amines) is 1. The van der Waals surface area contributed by atoms with Gasteiger partial charge in [0, 0.05) is 34.7 Å². The zero-order valence-electron chi connectivity index (χ0n) is 20.3. The molecule has 0 radical (unpaired) electrons. The van der Waals surface area contributed by atoms with Crippen LogP contribution in [0.4, 0.5) is 17.1 Å². The maximum absolute atomic E-state index is 13.2. The Labute approximate surface area is 209 Å². The number of carbonyl (C=O) groups excluding carboxylic acids is 2. The SMILES string of the molecule is Cc1nsc(-c2ccc(C)c(NCC(=O)N3CCc4c(NC(=O)[C@H]5CCCN5C)cccc43)c2)n1. The standard InChI is InChI=1S/C26H30N6O2S/c1-16-9-10-18(26-28-17(2)30-35-26)14-21(16)27-15-24(33)32-13-11-19-20(6-4-7-22(19)32)29-25(34)23-8-5-12-31(23)3/h4,6-7,9-10,14,23,27H,5,8,11-13,15H2,1-3H3,(H,29,34)/t23-/m1/s1.